The summed E-state index contributed by atoms with van der Waals surface area (Å²) in [5.74, 6) is -1.16. The van der Waals surface area contributed by atoms with E-state index in [0.717, 1.165) is 0 Å². The predicted molar refractivity (Wildman–Crippen MR) is 158 cm³/mol. The molecule has 12 nitrogen and oxygen atoms in total. The van der Waals surface area contributed by atoms with Gasteiger partial charge in [-0.15, -0.1) is 0 Å². The van der Waals surface area contributed by atoms with Crippen molar-refractivity contribution in [3.8, 4) is 5.75 Å². The van der Waals surface area contributed by atoms with E-state index in [1.165, 1.54) is 7.11 Å². The van der Waals surface area contributed by atoms with Gasteiger partial charge in [0.15, 0.2) is 18.0 Å². The molecule has 1 spiro atoms. The number of benzene rings is 2. The first-order chi connectivity index (χ1) is 20.7. The van der Waals surface area contributed by atoms with Gasteiger partial charge in [0.25, 0.3) is 11.8 Å². The van der Waals surface area contributed by atoms with Gasteiger partial charge in [-0.05, 0) is 55.4 Å². The van der Waals surface area contributed by atoms with Gasteiger partial charge >= 0.3 is 0 Å². The zero-order valence-electron chi connectivity index (χ0n) is 24.9. The first kappa shape index (κ1) is 32.4. The van der Waals surface area contributed by atoms with E-state index in [2.05, 4.69) is 5.32 Å². The Hall–Kier alpha value is -2.95. The molecular formula is C30H39FN2O10Si. The number of amides is 2. The summed E-state index contributed by atoms with van der Waals surface area (Å²) in [6, 6.07) is 11.8. The number of carbonyl (C=O) groups is 2. The fraction of sp³-hybridized carbons (Fsp3) is 0.533. The monoisotopic (exact) mass is 634 g/mol. The summed E-state index contributed by atoms with van der Waals surface area (Å²) in [5.41, 5.74) is 0.218. The van der Waals surface area contributed by atoms with E-state index in [-0.39, 0.29) is 25.5 Å². The first-order valence-electron chi connectivity index (χ1n) is 14.5. The van der Waals surface area contributed by atoms with Gasteiger partial charge in [0.1, 0.15) is 24.1 Å². The number of hydrogen-bond donors (Lipinski definition) is 6. The lowest BCUT2D eigenvalue weighted by Gasteiger charge is -2.37. The van der Waals surface area contributed by atoms with Crippen molar-refractivity contribution in [3.63, 3.8) is 0 Å². The highest BCUT2D eigenvalue weighted by Crippen LogP contribution is 2.60. The number of carbonyl (C=O) groups excluding carboxylic acids is 2. The van der Waals surface area contributed by atoms with Crippen molar-refractivity contribution in [3.05, 3.63) is 53.6 Å². The van der Waals surface area contributed by atoms with Crippen LogP contribution in [0.15, 0.2) is 42.5 Å². The minimum Gasteiger partial charge on any atom is -0.497 e. The highest BCUT2D eigenvalue weighted by Gasteiger charge is 2.66. The summed E-state index contributed by atoms with van der Waals surface area (Å²) in [6.45, 7) is 4.97. The normalized spacial score (nSPS) is 33.5. The van der Waals surface area contributed by atoms with Crippen LogP contribution >= 0.6 is 0 Å². The standard InChI is InChI=1S/C30H39FN2O10Si/c1-15-26(44(3,4)31)21(11-12-34)43-30(15)19-13-18(41-2)9-10-20(19)33(29(30)40)14-16-5-7-17(8-6-16)32-27(38)25-23(36)22(35)24(37)28(39)42-25/h5-10,13,15,21-26,28,34-37,39H,11-12,14H2,1-4H3,(H,32,38)/t15-,21+,22-,23-,24+,25-,26-,28+,30+/m0/s1. The van der Waals surface area contributed by atoms with E-state index in [1.807, 2.05) is 6.92 Å². The lowest BCUT2D eigenvalue weighted by molar-refractivity contribution is -0.274. The second-order valence-corrected chi connectivity index (χ2v) is 16.0. The Morgan fingerprint density at radius 3 is 2.39 bits per heavy atom. The number of nitrogens with one attached hydrogen (secondary N) is 1. The molecule has 44 heavy (non-hydrogen) atoms. The number of methoxy groups -OCH3 is 1. The van der Waals surface area contributed by atoms with Gasteiger partial charge in [-0.25, -0.2) is 0 Å². The Balaban J connectivity index is 1.39. The summed E-state index contributed by atoms with van der Waals surface area (Å²) in [5, 5.41) is 51.7. The molecule has 2 aromatic carbocycles. The van der Waals surface area contributed by atoms with Crippen molar-refractivity contribution in [2.45, 2.75) is 80.9 Å². The number of ether oxygens (including phenoxy) is 3. The maximum Gasteiger partial charge on any atom is 0.264 e. The topological polar surface area (TPSA) is 178 Å². The summed E-state index contributed by atoms with van der Waals surface area (Å²) in [6.07, 6.45) is -9.21. The molecule has 9 atom stereocenters. The zero-order chi connectivity index (χ0) is 32.1. The van der Waals surface area contributed by atoms with Gasteiger partial charge in [0, 0.05) is 29.3 Å². The van der Waals surface area contributed by atoms with Crippen LogP contribution in [0.4, 0.5) is 15.5 Å². The van der Waals surface area contributed by atoms with Crippen LogP contribution in [-0.2, 0) is 31.2 Å². The van der Waals surface area contributed by atoms with Gasteiger partial charge in [-0.2, -0.15) is 0 Å². The lowest BCUT2D eigenvalue weighted by atomic mass is 9.82. The number of halogens is 1. The van der Waals surface area contributed by atoms with Crippen LogP contribution in [-0.4, -0.2) is 96.3 Å². The van der Waals surface area contributed by atoms with Crippen LogP contribution in [0.1, 0.15) is 24.5 Å². The Labute approximate surface area is 255 Å². The second-order valence-electron chi connectivity index (χ2n) is 12.2. The summed E-state index contributed by atoms with van der Waals surface area (Å²) < 4.78 is 32.7. The molecule has 0 aliphatic carbocycles. The van der Waals surface area contributed by atoms with Crippen molar-refractivity contribution >= 4 is 31.6 Å². The highest BCUT2D eigenvalue weighted by molar-refractivity contribution is 6.72. The number of rotatable bonds is 8. The molecule has 0 bridgehead atoms. The molecule has 240 valence electrons. The number of aliphatic hydroxyl groups is 5. The second kappa shape index (κ2) is 12.1. The molecule has 3 aliphatic rings. The average Bonchev–Trinajstić information content (AvgIpc) is 3.41. The molecule has 2 aromatic rings. The molecule has 0 saturated carbocycles. The third-order valence-electron chi connectivity index (χ3n) is 8.99. The molecule has 0 radical (unpaired) electrons. The van der Waals surface area contributed by atoms with E-state index >= 15 is 4.11 Å². The molecule has 6 N–H and O–H groups in total. The molecule has 3 aliphatic heterocycles. The number of hydrogen-bond acceptors (Lipinski definition) is 10. The van der Waals surface area contributed by atoms with Crippen molar-refractivity contribution in [1.29, 1.82) is 0 Å². The van der Waals surface area contributed by atoms with E-state index in [0.29, 0.717) is 28.3 Å². The molecule has 0 unspecified atom stereocenters. The molecule has 2 saturated heterocycles. The molecule has 2 amide bonds. The Kier molecular flexibility index (Phi) is 8.92. The van der Waals surface area contributed by atoms with Gasteiger partial charge in [-0.3, -0.25) is 9.59 Å². The van der Waals surface area contributed by atoms with E-state index in [9.17, 15) is 35.1 Å². The molecule has 5 rings (SSSR count). The van der Waals surface area contributed by atoms with Crippen LogP contribution in [0, 0.1) is 5.92 Å². The van der Waals surface area contributed by atoms with E-state index < -0.39 is 68.2 Å². The quantitative estimate of drug-likeness (QED) is 0.182. The Morgan fingerprint density at radius 1 is 1.09 bits per heavy atom. The zero-order valence-corrected chi connectivity index (χ0v) is 25.9. The Morgan fingerprint density at radius 2 is 1.77 bits per heavy atom. The third-order valence-corrected chi connectivity index (χ3v) is 11.4. The first-order valence-corrected chi connectivity index (χ1v) is 17.5. The smallest absolute Gasteiger partial charge is 0.264 e. The van der Waals surface area contributed by atoms with Crippen LogP contribution in [0.2, 0.25) is 18.6 Å². The fourth-order valence-corrected chi connectivity index (χ4v) is 9.42. The van der Waals surface area contributed by atoms with E-state index in [4.69, 9.17) is 14.2 Å². The van der Waals surface area contributed by atoms with Gasteiger partial charge in [0.05, 0.1) is 25.4 Å². The molecule has 2 fully saturated rings. The van der Waals surface area contributed by atoms with Crippen molar-refractivity contribution in [2.75, 3.05) is 23.9 Å². The molecular weight excluding hydrogens is 595 g/mol. The van der Waals surface area contributed by atoms with Crippen molar-refractivity contribution < 1.29 is 53.4 Å². The third kappa shape index (κ3) is 5.43. The maximum atomic E-state index is 15.7. The maximum absolute atomic E-state index is 15.7. The van der Waals surface area contributed by atoms with Crippen molar-refractivity contribution in [1.82, 2.24) is 0 Å². The summed E-state index contributed by atoms with van der Waals surface area (Å²) >= 11 is 0. The minimum atomic E-state index is -3.34. The van der Waals surface area contributed by atoms with Crippen molar-refractivity contribution in [2.24, 2.45) is 5.92 Å². The average molecular weight is 635 g/mol. The lowest BCUT2D eigenvalue weighted by Crippen LogP contribution is -2.60. The van der Waals surface area contributed by atoms with Crippen LogP contribution in [0.3, 0.4) is 0 Å². The van der Waals surface area contributed by atoms with E-state index in [1.54, 1.807) is 60.5 Å². The summed E-state index contributed by atoms with van der Waals surface area (Å²) in [7, 11) is -1.82. The number of aliphatic hydroxyl groups excluding tert-OH is 5. The van der Waals surface area contributed by atoms with Crippen LogP contribution < -0.4 is 15.0 Å². The number of nitrogens with zero attached hydrogens (tertiary/aromatic N) is 1. The highest BCUT2D eigenvalue weighted by atomic mass is 28.4. The molecule has 14 heteroatoms. The van der Waals surface area contributed by atoms with Gasteiger partial charge in [-0.1, -0.05) is 19.1 Å². The van der Waals surface area contributed by atoms with Crippen LogP contribution in [0.5, 0.6) is 5.75 Å². The van der Waals surface area contributed by atoms with Gasteiger partial charge in [0.2, 0.25) is 8.41 Å². The Bertz CT molecular complexity index is 1390. The minimum absolute atomic E-state index is 0.136. The summed E-state index contributed by atoms with van der Waals surface area (Å²) in [4.78, 5) is 28.6. The predicted octanol–water partition coefficient (Wildman–Crippen LogP) is 1.14. The largest absolute Gasteiger partial charge is 0.497 e. The SMILES string of the molecule is COc1ccc2c(c1)[C@@]1(O[C@H](CCO)[C@@H]([Si](C)(C)F)[C@@H]1C)C(=O)N2Cc1ccc(NC(=O)[C@H]2O[C@@H](O)[C@H](O)[C@@H](O)[C@@H]2O)cc1. The van der Waals surface area contributed by atoms with Gasteiger partial charge < -0.3 is 54.1 Å². The number of anilines is 2. The molecule has 0 aromatic heterocycles. The van der Waals surface area contributed by atoms with Crippen LogP contribution in [0.25, 0.3) is 0 Å². The fourth-order valence-electron chi connectivity index (χ4n) is 6.87. The number of fused-ring (bicyclic) bond motifs is 2. The molecule has 3 heterocycles.